The van der Waals surface area contributed by atoms with E-state index < -0.39 is 15.5 Å². The molecule has 5 nitrogen and oxygen atoms in total. The Morgan fingerprint density at radius 2 is 1.45 bits per heavy atom. The molecule has 0 bridgehead atoms. The fourth-order valence-corrected chi connectivity index (χ4v) is 2.46. The number of Topliss-reactive ketones (excluding diaryl/α,β-unsaturated/α-hetero) is 1. The predicted octanol–water partition coefficient (Wildman–Crippen LogP) is 3.04. The molecule has 0 heterocycles. The first-order chi connectivity index (χ1) is 9.38. The van der Waals surface area contributed by atoms with Crippen LogP contribution in [0.3, 0.4) is 0 Å². The van der Waals surface area contributed by atoms with Crippen LogP contribution in [0.5, 0.6) is 0 Å². The lowest BCUT2D eigenvalue weighted by molar-refractivity contribution is -0.119. The van der Waals surface area contributed by atoms with Gasteiger partial charge in [-0.05, 0) is 6.42 Å². The minimum Gasteiger partial charge on any atom is -0.313 e. The van der Waals surface area contributed by atoms with Crippen LogP contribution in [0.2, 0.25) is 0 Å². The van der Waals surface area contributed by atoms with E-state index in [2.05, 4.69) is 6.92 Å². The highest BCUT2D eigenvalue weighted by Crippen LogP contribution is 2.11. The monoisotopic (exact) mass is 307 g/mol. The zero-order valence-corrected chi connectivity index (χ0v) is 13.3. The van der Waals surface area contributed by atoms with Crippen molar-refractivity contribution >= 4 is 15.9 Å². The molecular weight excluding hydrogens is 278 g/mol. The SMILES string of the molecule is CCCCCCCCCCCC(=O)CC(N)S(=O)(=O)O. The molecule has 0 rings (SSSR count). The van der Waals surface area contributed by atoms with E-state index in [0.29, 0.717) is 6.42 Å². The Bertz CT molecular complexity index is 354. The summed E-state index contributed by atoms with van der Waals surface area (Å²) >= 11 is 0. The van der Waals surface area contributed by atoms with Gasteiger partial charge >= 0.3 is 0 Å². The molecule has 0 spiro atoms. The lowest BCUT2D eigenvalue weighted by atomic mass is 10.0. The van der Waals surface area contributed by atoms with E-state index in [1.54, 1.807) is 0 Å². The van der Waals surface area contributed by atoms with Crippen molar-refractivity contribution in [3.8, 4) is 0 Å². The van der Waals surface area contributed by atoms with Crippen LogP contribution in [0.1, 0.15) is 77.6 Å². The van der Waals surface area contributed by atoms with Crippen molar-refractivity contribution in [1.82, 2.24) is 0 Å². The molecule has 120 valence electrons. The van der Waals surface area contributed by atoms with Gasteiger partial charge in [0.15, 0.2) is 0 Å². The van der Waals surface area contributed by atoms with Crippen molar-refractivity contribution in [2.45, 2.75) is 82.9 Å². The number of ketones is 1. The van der Waals surface area contributed by atoms with Crippen LogP contribution in [0, 0.1) is 0 Å². The standard InChI is InChI=1S/C14H29NO4S/c1-2-3-4-5-6-7-8-9-10-11-13(16)12-14(15)20(17,18)19/h14H,2-12,15H2,1H3,(H,17,18,19). The Morgan fingerprint density at radius 3 is 1.90 bits per heavy atom. The molecule has 20 heavy (non-hydrogen) atoms. The van der Waals surface area contributed by atoms with Gasteiger partial charge in [0, 0.05) is 12.8 Å². The van der Waals surface area contributed by atoms with Crippen LogP contribution in [-0.2, 0) is 14.9 Å². The largest absolute Gasteiger partial charge is 0.313 e. The second-order valence-electron chi connectivity index (χ2n) is 5.37. The zero-order valence-electron chi connectivity index (χ0n) is 12.5. The number of carbonyl (C=O) groups excluding carboxylic acids is 1. The minimum atomic E-state index is -4.29. The van der Waals surface area contributed by atoms with Crippen LogP contribution in [0.25, 0.3) is 0 Å². The third-order valence-electron chi connectivity index (χ3n) is 3.37. The summed E-state index contributed by atoms with van der Waals surface area (Å²) in [5, 5.41) is -1.48. The smallest absolute Gasteiger partial charge is 0.281 e. The number of nitrogens with two attached hydrogens (primary N) is 1. The van der Waals surface area contributed by atoms with Gasteiger partial charge in [0.05, 0.1) is 0 Å². The van der Waals surface area contributed by atoms with Gasteiger partial charge in [-0.1, -0.05) is 58.3 Å². The minimum absolute atomic E-state index is 0.196. The van der Waals surface area contributed by atoms with Crippen molar-refractivity contribution in [2.24, 2.45) is 5.73 Å². The van der Waals surface area contributed by atoms with Crippen molar-refractivity contribution in [3.63, 3.8) is 0 Å². The molecule has 3 N–H and O–H groups in total. The second kappa shape index (κ2) is 11.2. The van der Waals surface area contributed by atoms with Gasteiger partial charge < -0.3 is 5.73 Å². The molecule has 0 aliphatic rings. The van der Waals surface area contributed by atoms with E-state index in [-0.39, 0.29) is 12.2 Å². The van der Waals surface area contributed by atoms with Gasteiger partial charge in [-0.2, -0.15) is 8.42 Å². The summed E-state index contributed by atoms with van der Waals surface area (Å²) in [6.07, 6.45) is 10.5. The maximum Gasteiger partial charge on any atom is 0.281 e. The van der Waals surface area contributed by atoms with E-state index in [9.17, 15) is 13.2 Å². The van der Waals surface area contributed by atoms with Crippen LogP contribution in [-0.4, -0.2) is 24.1 Å². The summed E-state index contributed by atoms with van der Waals surface area (Å²) in [7, 11) is -4.29. The van der Waals surface area contributed by atoms with Gasteiger partial charge in [0.1, 0.15) is 11.2 Å². The molecule has 1 unspecified atom stereocenters. The van der Waals surface area contributed by atoms with Crippen LogP contribution in [0.4, 0.5) is 0 Å². The third kappa shape index (κ3) is 11.4. The Hall–Kier alpha value is -0.460. The molecule has 0 amide bonds. The van der Waals surface area contributed by atoms with E-state index in [0.717, 1.165) is 19.3 Å². The van der Waals surface area contributed by atoms with Gasteiger partial charge in [-0.3, -0.25) is 9.35 Å². The summed E-state index contributed by atoms with van der Waals surface area (Å²) in [5.41, 5.74) is 5.20. The van der Waals surface area contributed by atoms with E-state index in [1.165, 1.54) is 38.5 Å². The van der Waals surface area contributed by atoms with E-state index in [4.69, 9.17) is 10.3 Å². The fraction of sp³-hybridized carbons (Fsp3) is 0.929. The Morgan fingerprint density at radius 1 is 1.00 bits per heavy atom. The highest BCUT2D eigenvalue weighted by molar-refractivity contribution is 7.86. The molecule has 0 aliphatic carbocycles. The first-order valence-electron chi connectivity index (χ1n) is 7.61. The Kier molecular flexibility index (Phi) is 11.0. The second-order valence-corrected chi connectivity index (χ2v) is 7.01. The maximum atomic E-state index is 11.5. The first-order valence-corrected chi connectivity index (χ1v) is 9.11. The van der Waals surface area contributed by atoms with Crippen molar-refractivity contribution in [3.05, 3.63) is 0 Å². The summed E-state index contributed by atoms with van der Waals surface area (Å²) in [6.45, 7) is 2.20. The van der Waals surface area contributed by atoms with Gasteiger partial charge in [-0.25, -0.2) is 0 Å². The Labute approximate surface area is 123 Å². The maximum absolute atomic E-state index is 11.5. The lowest BCUT2D eigenvalue weighted by Gasteiger charge is -2.07. The summed E-state index contributed by atoms with van der Waals surface area (Å²) in [5.74, 6) is -0.196. The van der Waals surface area contributed by atoms with Crippen LogP contribution >= 0.6 is 0 Å². The quantitative estimate of drug-likeness (QED) is 0.402. The molecule has 0 saturated carbocycles. The number of carbonyl (C=O) groups is 1. The number of hydrogen-bond donors (Lipinski definition) is 2. The molecule has 1 atom stereocenters. The van der Waals surface area contributed by atoms with E-state index in [1.807, 2.05) is 0 Å². The zero-order chi connectivity index (χ0) is 15.4. The van der Waals surface area contributed by atoms with Gasteiger partial charge in [0.2, 0.25) is 0 Å². The van der Waals surface area contributed by atoms with Crippen LogP contribution < -0.4 is 5.73 Å². The molecular formula is C14H29NO4S. The predicted molar refractivity (Wildman–Crippen MR) is 81.0 cm³/mol. The van der Waals surface area contributed by atoms with Crippen LogP contribution in [0.15, 0.2) is 0 Å². The number of unbranched alkanes of at least 4 members (excludes halogenated alkanes) is 8. The summed E-state index contributed by atoms with van der Waals surface area (Å²) in [4.78, 5) is 11.5. The third-order valence-corrected chi connectivity index (χ3v) is 4.30. The molecule has 0 aromatic rings. The van der Waals surface area contributed by atoms with Crippen molar-refractivity contribution in [2.75, 3.05) is 0 Å². The average Bonchev–Trinajstić information content (AvgIpc) is 2.35. The highest BCUT2D eigenvalue weighted by Gasteiger charge is 2.20. The van der Waals surface area contributed by atoms with Gasteiger partial charge in [-0.15, -0.1) is 0 Å². The Balaban J connectivity index is 3.45. The topological polar surface area (TPSA) is 97.5 Å². The summed E-state index contributed by atoms with van der Waals surface area (Å²) < 4.78 is 30.0. The summed E-state index contributed by atoms with van der Waals surface area (Å²) in [6, 6.07) is 0. The molecule has 0 radical (unpaired) electrons. The molecule has 0 saturated heterocycles. The lowest BCUT2D eigenvalue weighted by Crippen LogP contribution is -2.32. The fourth-order valence-electron chi connectivity index (χ4n) is 2.06. The normalized spacial score (nSPS) is 13.3. The molecule has 0 aromatic heterocycles. The van der Waals surface area contributed by atoms with Gasteiger partial charge in [0.25, 0.3) is 10.1 Å². The highest BCUT2D eigenvalue weighted by atomic mass is 32.2. The van der Waals surface area contributed by atoms with E-state index >= 15 is 0 Å². The average molecular weight is 307 g/mol. The molecule has 6 heteroatoms. The molecule has 0 aromatic carbocycles. The number of hydrogen-bond acceptors (Lipinski definition) is 4. The molecule has 0 fully saturated rings. The van der Waals surface area contributed by atoms with Crippen molar-refractivity contribution < 1.29 is 17.8 Å². The first kappa shape index (κ1) is 19.5. The number of rotatable bonds is 13. The molecule has 0 aliphatic heterocycles. The van der Waals surface area contributed by atoms with Crippen molar-refractivity contribution in [1.29, 1.82) is 0 Å².